The van der Waals surface area contributed by atoms with Gasteiger partial charge in [0.2, 0.25) is 0 Å². The number of allylic oxidation sites excluding steroid dienone is 7. The van der Waals surface area contributed by atoms with E-state index >= 15 is 0 Å². The maximum Gasteiger partial charge on any atom is 0.415 e. The second kappa shape index (κ2) is 23.0. The number of rotatable bonds is 15. The highest BCUT2D eigenvalue weighted by Crippen LogP contribution is 2.60. The molecule has 1 unspecified atom stereocenters. The fourth-order valence-corrected chi connectivity index (χ4v) is 12.3. The third-order valence-electron chi connectivity index (χ3n) is 16.6. The van der Waals surface area contributed by atoms with Gasteiger partial charge < -0.3 is 58.1 Å². The number of carboxylic acid groups (broad SMARTS) is 1. The van der Waals surface area contributed by atoms with Crippen molar-refractivity contribution in [2.45, 2.75) is 159 Å². The molecule has 1 amide bonds. The van der Waals surface area contributed by atoms with Crippen molar-refractivity contribution in [1.29, 1.82) is 0 Å². The van der Waals surface area contributed by atoms with Crippen molar-refractivity contribution >= 4 is 28.9 Å². The number of carbonyl (C=O) groups excluding carboxylic acids is 2. The summed E-state index contributed by atoms with van der Waals surface area (Å²) in [6, 6.07) is 7.77. The number of epoxide rings is 2. The fourth-order valence-electron chi connectivity index (χ4n) is 12.3. The summed E-state index contributed by atoms with van der Waals surface area (Å²) in [5.41, 5.74) is 3.10. The number of hydrogen-bond acceptors (Lipinski definition) is 14. The molecule has 2 aromatic heterocycles. The molecule has 1 aromatic carbocycles. The Bertz CT molecular complexity index is 2880. The van der Waals surface area contributed by atoms with Crippen LogP contribution in [-0.2, 0) is 58.4 Å². The van der Waals surface area contributed by atoms with Gasteiger partial charge in [-0.25, -0.2) is 19.4 Å². The molecule has 10 rings (SSSR count). The average molecular weight is 1050 g/mol. The summed E-state index contributed by atoms with van der Waals surface area (Å²) in [6.07, 6.45) is 22.0. The van der Waals surface area contributed by atoms with Gasteiger partial charge in [-0.1, -0.05) is 68.4 Å². The molecule has 0 radical (unpaired) electrons. The standard InChI is InChI=1S/C33H38N4O6.C26H36O7/c1-3-22-23-16-21(43-32(40)36-14-10-20(11-15-36)35-12-6-5-7-13-35)8-9-27(23)34-29-24(22)18-37-28(29)17-26-25(30(37)38)19-42-31(39)33(26,41)4-2;1-18(2)13-14-20-25(3,33-20)24-23(30-4)19(15-16-26(24)17-31-26)32-22(29)12-10-8-6-5-7-9-11-21(27)28/h8-9,16-17,20,41H,3-7,10-15,18-19H2,1-2H3;5-13,19-20,22-24,29H,14-17H2,1-4H3,(H,27,28)/b;7-5+,8-6+,11-9+,12-10+/t33-;19-,20-,22?,23-,24-,25+,26+/m01/s1. The zero-order valence-corrected chi connectivity index (χ0v) is 44.7. The molecule has 1 saturated carbocycles. The molecular formula is C59H74N4O13. The summed E-state index contributed by atoms with van der Waals surface area (Å²) < 4.78 is 36.8. The quantitative estimate of drug-likeness (QED) is 0.0259. The van der Waals surface area contributed by atoms with Crippen molar-refractivity contribution in [3.8, 4) is 17.1 Å². The number of pyridine rings is 2. The van der Waals surface area contributed by atoms with E-state index in [2.05, 4.69) is 38.7 Å². The molecule has 17 heteroatoms. The number of benzene rings is 1. The molecule has 1 spiro atoms. The van der Waals surface area contributed by atoms with Crippen molar-refractivity contribution < 1.29 is 58.1 Å². The van der Waals surface area contributed by atoms with Gasteiger partial charge in [-0.05, 0) is 128 Å². The minimum absolute atomic E-state index is 0.0318. The number of methoxy groups -OCH3 is 1. The zero-order valence-electron chi connectivity index (χ0n) is 44.7. The van der Waals surface area contributed by atoms with Crippen LogP contribution in [0, 0.1) is 5.92 Å². The highest BCUT2D eigenvalue weighted by molar-refractivity contribution is 5.90. The van der Waals surface area contributed by atoms with Crippen LogP contribution in [0.15, 0.2) is 89.3 Å². The summed E-state index contributed by atoms with van der Waals surface area (Å²) in [7, 11) is 1.68. The second-order valence-corrected chi connectivity index (χ2v) is 21.5. The summed E-state index contributed by atoms with van der Waals surface area (Å²) in [6.45, 7) is 14.7. The van der Waals surface area contributed by atoms with Gasteiger partial charge in [-0.15, -0.1) is 0 Å². The Hall–Kier alpha value is -5.79. The predicted octanol–water partition coefficient (Wildman–Crippen LogP) is 7.80. The van der Waals surface area contributed by atoms with E-state index in [4.69, 9.17) is 38.5 Å². The van der Waals surface area contributed by atoms with E-state index in [1.165, 1.54) is 44.0 Å². The van der Waals surface area contributed by atoms with Gasteiger partial charge in [0.1, 0.15) is 18.0 Å². The number of aryl methyl sites for hydroxylation is 1. The Labute approximate surface area is 444 Å². The van der Waals surface area contributed by atoms with E-state index in [-0.39, 0.29) is 60.1 Å². The predicted molar refractivity (Wildman–Crippen MR) is 285 cm³/mol. The summed E-state index contributed by atoms with van der Waals surface area (Å²) in [5, 5.41) is 31.0. The molecule has 408 valence electrons. The van der Waals surface area contributed by atoms with Crippen molar-refractivity contribution in [3.05, 3.63) is 117 Å². The smallest absolute Gasteiger partial charge is 0.415 e. The van der Waals surface area contributed by atoms with Crippen LogP contribution in [0.4, 0.5) is 4.79 Å². The van der Waals surface area contributed by atoms with Gasteiger partial charge >= 0.3 is 18.0 Å². The number of aromatic nitrogens is 2. The first-order chi connectivity index (χ1) is 36.5. The molecule has 17 nitrogen and oxygen atoms in total. The number of fused-ring (bicyclic) bond motifs is 5. The normalized spacial score (nSPS) is 28.6. The molecule has 6 aliphatic heterocycles. The number of esters is 1. The van der Waals surface area contributed by atoms with Crippen LogP contribution < -0.4 is 10.3 Å². The number of nitrogens with zero attached hydrogens (tertiary/aromatic N) is 4. The first-order valence-corrected chi connectivity index (χ1v) is 27.1. The van der Waals surface area contributed by atoms with Crippen molar-refractivity contribution in [2.24, 2.45) is 5.92 Å². The minimum Gasteiger partial charge on any atom is -0.478 e. The van der Waals surface area contributed by atoms with Gasteiger partial charge in [-0.3, -0.25) is 4.79 Å². The van der Waals surface area contributed by atoms with Crippen molar-refractivity contribution in [1.82, 2.24) is 19.4 Å². The number of aliphatic hydroxyl groups is 2. The summed E-state index contributed by atoms with van der Waals surface area (Å²) in [4.78, 5) is 58.9. The van der Waals surface area contributed by atoms with E-state index in [1.807, 2.05) is 17.0 Å². The van der Waals surface area contributed by atoms with Gasteiger partial charge in [0.15, 0.2) is 11.9 Å². The van der Waals surface area contributed by atoms with Crippen LogP contribution in [-0.4, -0.2) is 134 Å². The topological polar surface area (TPSA) is 215 Å². The van der Waals surface area contributed by atoms with E-state index in [0.717, 1.165) is 60.2 Å². The fraction of sp³-hybridized carbons (Fsp3) is 0.542. The number of cyclic esters (lactones) is 1. The average Bonchev–Trinajstić information content (AvgIpc) is 4.47. The lowest BCUT2D eigenvalue weighted by Gasteiger charge is -2.43. The SMILES string of the molecule is CCc1c2c(nc3ccc(OC(=O)N4CCC(N5CCCCC5)CC4)cc13)-c1cc3c(c(=O)n1C2)COC(=O)[C@]3(O)CC.CO[C@@H]1[C@H](OC(O)/C=C/C=C/C=C/C=C/C(=O)O)CC[C@]2(CO2)[C@H]1[C@@]1(C)O[C@@H]1CC=C(C)C. The molecule has 3 N–H and O–H groups in total. The summed E-state index contributed by atoms with van der Waals surface area (Å²) >= 11 is 0. The van der Waals surface area contributed by atoms with Crippen LogP contribution in [0.3, 0.4) is 0 Å². The van der Waals surface area contributed by atoms with E-state index in [9.17, 15) is 29.4 Å². The Morgan fingerprint density at radius 3 is 2.36 bits per heavy atom. The lowest BCUT2D eigenvalue weighted by molar-refractivity contribution is -0.189. The molecule has 3 aromatic rings. The molecular weight excluding hydrogens is 973 g/mol. The number of amides is 1. The molecule has 0 bridgehead atoms. The van der Waals surface area contributed by atoms with Crippen LogP contribution in [0.1, 0.15) is 115 Å². The molecule has 8 heterocycles. The Morgan fingerprint density at radius 1 is 0.961 bits per heavy atom. The van der Waals surface area contributed by atoms with Gasteiger partial charge in [0, 0.05) is 48.8 Å². The third kappa shape index (κ3) is 11.3. The van der Waals surface area contributed by atoms with Gasteiger partial charge in [-0.2, -0.15) is 0 Å². The molecule has 8 atom stereocenters. The second-order valence-electron chi connectivity index (χ2n) is 21.5. The first-order valence-electron chi connectivity index (χ1n) is 27.1. The Morgan fingerprint density at radius 2 is 1.68 bits per heavy atom. The number of carboxylic acids is 1. The van der Waals surface area contributed by atoms with Crippen LogP contribution in [0.5, 0.6) is 5.75 Å². The number of aliphatic hydroxyl groups excluding tert-OH is 1. The lowest BCUT2D eigenvalue weighted by atomic mass is 9.68. The largest absolute Gasteiger partial charge is 0.478 e. The molecule has 5 fully saturated rings. The Kier molecular flexibility index (Phi) is 16.7. The number of likely N-dealkylation sites (tertiary alicyclic amines) is 2. The maximum absolute atomic E-state index is 13.6. The molecule has 76 heavy (non-hydrogen) atoms. The van der Waals surface area contributed by atoms with Crippen LogP contribution in [0.25, 0.3) is 22.3 Å². The first kappa shape index (κ1) is 55.0. The number of piperidine rings is 2. The number of hydrogen-bond donors (Lipinski definition) is 3. The van der Waals surface area contributed by atoms with Crippen molar-refractivity contribution in [3.63, 3.8) is 0 Å². The van der Waals surface area contributed by atoms with Gasteiger partial charge in [0.25, 0.3) is 5.56 Å². The third-order valence-corrected chi connectivity index (χ3v) is 16.6. The van der Waals surface area contributed by atoms with Crippen LogP contribution >= 0.6 is 0 Å². The number of aliphatic carboxylic acids is 1. The number of carbonyl (C=O) groups is 3. The minimum atomic E-state index is -1.86. The summed E-state index contributed by atoms with van der Waals surface area (Å²) in [5.74, 6) is -1.23. The zero-order chi connectivity index (χ0) is 53.9. The highest BCUT2D eigenvalue weighted by atomic mass is 16.6. The number of ether oxygens (including phenoxy) is 6. The molecule has 1 aliphatic carbocycles. The molecule has 7 aliphatic rings. The van der Waals surface area contributed by atoms with Crippen LogP contribution in [0.2, 0.25) is 0 Å². The van der Waals surface area contributed by atoms with E-state index in [0.29, 0.717) is 67.0 Å². The monoisotopic (exact) mass is 1050 g/mol. The van der Waals surface area contributed by atoms with E-state index in [1.54, 1.807) is 67.2 Å². The van der Waals surface area contributed by atoms with Gasteiger partial charge in [0.05, 0.1) is 65.5 Å². The molecule has 4 saturated heterocycles. The van der Waals surface area contributed by atoms with Crippen molar-refractivity contribution in [2.75, 3.05) is 39.9 Å². The maximum atomic E-state index is 13.6. The lowest BCUT2D eigenvalue weighted by Crippen LogP contribution is -2.55. The highest BCUT2D eigenvalue weighted by Gasteiger charge is 2.72. The van der Waals surface area contributed by atoms with E-state index < -0.39 is 23.8 Å². The Balaban J connectivity index is 0.000000193.